The Hall–Kier alpha value is -2.22. The maximum Gasteiger partial charge on any atom is 0.221 e. The Balaban J connectivity index is 0.000000648. The first kappa shape index (κ1) is 19.8. The highest BCUT2D eigenvalue weighted by Gasteiger charge is 2.07. The molecule has 0 bridgehead atoms. The Morgan fingerprint density at radius 1 is 1.17 bits per heavy atom. The molecule has 0 unspecified atom stereocenters. The van der Waals surface area contributed by atoms with Crippen molar-refractivity contribution in [1.82, 2.24) is 5.43 Å². The minimum absolute atomic E-state index is 0.226. The van der Waals surface area contributed by atoms with E-state index in [4.69, 9.17) is 10.6 Å². The SMILES string of the molecule is Cc1cccc(F)c1/C=C/c1c(Br)cccc1N(C)N.NNC=O. The van der Waals surface area contributed by atoms with E-state index in [-0.39, 0.29) is 5.82 Å². The van der Waals surface area contributed by atoms with Crippen LogP contribution in [-0.2, 0) is 4.79 Å². The lowest BCUT2D eigenvalue weighted by molar-refractivity contribution is -0.109. The van der Waals surface area contributed by atoms with E-state index in [0.717, 1.165) is 21.3 Å². The second kappa shape index (κ2) is 9.82. The highest BCUT2D eigenvalue weighted by Crippen LogP contribution is 2.28. The molecule has 0 saturated heterocycles. The minimum atomic E-state index is -0.226. The summed E-state index contributed by atoms with van der Waals surface area (Å²) in [6, 6.07) is 10.8. The van der Waals surface area contributed by atoms with Crippen LogP contribution in [0, 0.1) is 12.7 Å². The summed E-state index contributed by atoms with van der Waals surface area (Å²) in [5.74, 6) is 10.0. The zero-order valence-electron chi connectivity index (χ0n) is 13.5. The van der Waals surface area contributed by atoms with Gasteiger partial charge in [-0.1, -0.05) is 46.3 Å². The Morgan fingerprint density at radius 3 is 2.29 bits per heavy atom. The first-order valence-corrected chi connectivity index (χ1v) is 7.81. The minimum Gasteiger partial charge on any atom is -0.313 e. The summed E-state index contributed by atoms with van der Waals surface area (Å²) in [7, 11) is 1.77. The van der Waals surface area contributed by atoms with Gasteiger partial charge in [0.05, 0.1) is 5.69 Å². The quantitative estimate of drug-likeness (QED) is 0.244. The molecule has 5 nitrogen and oxygen atoms in total. The van der Waals surface area contributed by atoms with Crippen molar-refractivity contribution >= 4 is 40.2 Å². The van der Waals surface area contributed by atoms with Crippen molar-refractivity contribution in [2.24, 2.45) is 11.7 Å². The molecule has 0 atom stereocenters. The van der Waals surface area contributed by atoms with Crippen LogP contribution in [0.15, 0.2) is 40.9 Å². The van der Waals surface area contributed by atoms with Crippen LogP contribution in [0.25, 0.3) is 12.2 Å². The van der Waals surface area contributed by atoms with Crippen LogP contribution in [0.3, 0.4) is 0 Å². The Morgan fingerprint density at radius 2 is 1.75 bits per heavy atom. The van der Waals surface area contributed by atoms with E-state index in [0.29, 0.717) is 12.0 Å². The Labute approximate surface area is 149 Å². The van der Waals surface area contributed by atoms with E-state index >= 15 is 0 Å². The van der Waals surface area contributed by atoms with Crippen molar-refractivity contribution in [1.29, 1.82) is 0 Å². The Kier molecular flexibility index (Phi) is 8.11. The van der Waals surface area contributed by atoms with Gasteiger partial charge in [-0.3, -0.25) is 10.2 Å². The van der Waals surface area contributed by atoms with Crippen LogP contribution in [0.5, 0.6) is 0 Å². The van der Waals surface area contributed by atoms with Crippen LogP contribution >= 0.6 is 15.9 Å². The molecule has 0 fully saturated rings. The highest BCUT2D eigenvalue weighted by atomic mass is 79.9. The van der Waals surface area contributed by atoms with E-state index in [2.05, 4.69) is 21.8 Å². The number of nitrogens with one attached hydrogen (secondary N) is 1. The number of aryl methyl sites for hydroxylation is 1. The lowest BCUT2D eigenvalue weighted by atomic mass is 10.1. The number of carbonyl (C=O) groups is 1. The average molecular weight is 395 g/mol. The van der Waals surface area contributed by atoms with Crippen LogP contribution < -0.4 is 22.1 Å². The fraction of sp³-hybridized carbons (Fsp3) is 0.118. The number of amides is 1. The first-order chi connectivity index (χ1) is 11.4. The van der Waals surface area contributed by atoms with Gasteiger partial charge in [0.2, 0.25) is 6.41 Å². The van der Waals surface area contributed by atoms with Gasteiger partial charge < -0.3 is 5.01 Å². The predicted molar refractivity (Wildman–Crippen MR) is 100 cm³/mol. The number of nitrogens with two attached hydrogens (primary N) is 2. The molecule has 2 aromatic carbocycles. The van der Waals surface area contributed by atoms with Crippen molar-refractivity contribution in [3.8, 4) is 0 Å². The van der Waals surface area contributed by atoms with Crippen molar-refractivity contribution in [2.45, 2.75) is 6.92 Å². The van der Waals surface area contributed by atoms with E-state index in [1.165, 1.54) is 6.07 Å². The van der Waals surface area contributed by atoms with Gasteiger partial charge in [-0.15, -0.1) is 0 Å². The van der Waals surface area contributed by atoms with Crippen LogP contribution in [0.1, 0.15) is 16.7 Å². The number of anilines is 1. The van der Waals surface area contributed by atoms with Gasteiger partial charge in [0.1, 0.15) is 5.82 Å². The fourth-order valence-electron chi connectivity index (χ4n) is 2.02. The maximum atomic E-state index is 13.8. The first-order valence-electron chi connectivity index (χ1n) is 7.02. The van der Waals surface area contributed by atoms with Gasteiger partial charge in [0, 0.05) is 22.6 Å². The van der Waals surface area contributed by atoms with Gasteiger partial charge in [-0.2, -0.15) is 0 Å². The van der Waals surface area contributed by atoms with Crippen molar-refractivity contribution in [3.05, 3.63) is 63.4 Å². The topological polar surface area (TPSA) is 84.4 Å². The molecule has 0 aliphatic heterocycles. The standard InChI is InChI=1S/C16H16BrFN2.CH4N2O/c1-11-5-3-7-15(18)12(11)9-10-13-14(17)6-4-8-16(13)20(2)19;2-3-1-4/h3-10H,19H2,1-2H3;1H,2H2,(H,3,4)/b10-9+;. The number of hydrogen-bond acceptors (Lipinski definition) is 4. The lowest BCUT2D eigenvalue weighted by Crippen LogP contribution is -2.25. The monoisotopic (exact) mass is 394 g/mol. The molecule has 7 heteroatoms. The smallest absolute Gasteiger partial charge is 0.221 e. The van der Waals surface area contributed by atoms with Crippen LogP contribution in [-0.4, -0.2) is 13.5 Å². The molecule has 128 valence electrons. The number of halogens is 2. The number of hydrazine groups is 2. The molecular weight excluding hydrogens is 375 g/mol. The van der Waals surface area contributed by atoms with E-state index in [1.807, 2.05) is 37.3 Å². The molecule has 0 spiro atoms. The summed E-state index contributed by atoms with van der Waals surface area (Å²) in [5, 5.41) is 1.54. The largest absolute Gasteiger partial charge is 0.313 e. The number of rotatable bonds is 4. The summed E-state index contributed by atoms with van der Waals surface area (Å²) in [6.45, 7) is 1.89. The number of nitrogens with zero attached hydrogens (tertiary/aromatic N) is 1. The highest BCUT2D eigenvalue weighted by molar-refractivity contribution is 9.10. The van der Waals surface area contributed by atoms with Gasteiger partial charge >= 0.3 is 0 Å². The maximum absolute atomic E-state index is 13.8. The molecular formula is C17H20BrFN4O. The zero-order chi connectivity index (χ0) is 18.1. The summed E-state index contributed by atoms with van der Waals surface area (Å²) < 4.78 is 14.7. The third-order valence-corrected chi connectivity index (χ3v) is 3.86. The third-order valence-electron chi connectivity index (χ3n) is 3.17. The van der Waals surface area contributed by atoms with Gasteiger partial charge in [-0.05, 0) is 30.7 Å². The normalized spacial score (nSPS) is 10.1. The number of hydrogen-bond donors (Lipinski definition) is 3. The summed E-state index contributed by atoms with van der Waals surface area (Å²) in [4.78, 5) is 8.94. The zero-order valence-corrected chi connectivity index (χ0v) is 15.0. The van der Waals surface area contributed by atoms with Crippen LogP contribution in [0.2, 0.25) is 0 Å². The molecule has 0 heterocycles. The summed E-state index contributed by atoms with van der Waals surface area (Å²) >= 11 is 3.50. The third kappa shape index (κ3) is 5.45. The molecule has 5 N–H and O–H groups in total. The molecule has 0 aliphatic rings. The molecule has 1 amide bonds. The van der Waals surface area contributed by atoms with E-state index in [1.54, 1.807) is 29.6 Å². The second-order valence-corrected chi connectivity index (χ2v) is 5.73. The fourth-order valence-corrected chi connectivity index (χ4v) is 2.51. The summed E-state index contributed by atoms with van der Waals surface area (Å²) in [5.41, 5.74) is 5.02. The molecule has 2 aromatic rings. The second-order valence-electron chi connectivity index (χ2n) is 4.87. The Bertz CT molecular complexity index is 699. The molecule has 0 aromatic heterocycles. The number of carbonyl (C=O) groups excluding carboxylic acids is 1. The van der Waals surface area contributed by atoms with Gasteiger partial charge in [-0.25, -0.2) is 16.1 Å². The van der Waals surface area contributed by atoms with E-state index < -0.39 is 0 Å². The van der Waals surface area contributed by atoms with Gasteiger partial charge in [0.15, 0.2) is 0 Å². The van der Waals surface area contributed by atoms with Crippen molar-refractivity contribution < 1.29 is 9.18 Å². The summed E-state index contributed by atoms with van der Waals surface area (Å²) in [6.07, 6.45) is 4.05. The van der Waals surface area contributed by atoms with Crippen LogP contribution in [0.4, 0.5) is 10.1 Å². The van der Waals surface area contributed by atoms with Crippen molar-refractivity contribution in [2.75, 3.05) is 12.1 Å². The molecule has 0 radical (unpaired) electrons. The van der Waals surface area contributed by atoms with E-state index in [9.17, 15) is 4.39 Å². The average Bonchev–Trinajstić information content (AvgIpc) is 2.55. The lowest BCUT2D eigenvalue weighted by Gasteiger charge is -2.16. The van der Waals surface area contributed by atoms with Crippen molar-refractivity contribution in [3.63, 3.8) is 0 Å². The molecule has 24 heavy (non-hydrogen) atoms. The molecule has 0 aliphatic carbocycles. The predicted octanol–water partition coefficient (Wildman–Crippen LogP) is 2.98. The molecule has 2 rings (SSSR count). The van der Waals surface area contributed by atoms with Gasteiger partial charge in [0.25, 0.3) is 0 Å². The number of benzene rings is 2. The molecule has 0 saturated carbocycles.